The summed E-state index contributed by atoms with van der Waals surface area (Å²) in [5.74, 6) is 0. The van der Waals surface area contributed by atoms with Crippen molar-refractivity contribution in [1.82, 2.24) is 13.7 Å². The summed E-state index contributed by atoms with van der Waals surface area (Å²) in [4.78, 5) is 0. The number of rotatable bonds is 5. The molecule has 11 aromatic rings. The summed E-state index contributed by atoms with van der Waals surface area (Å²) in [6, 6.07) is 66.2. The number of hydrogen-bond acceptors (Lipinski definition) is 1. The Hall–Kier alpha value is -7.87. The van der Waals surface area contributed by atoms with E-state index in [0.29, 0.717) is 5.56 Å². The summed E-state index contributed by atoms with van der Waals surface area (Å²) in [5, 5.41) is 17.0. The van der Waals surface area contributed by atoms with Gasteiger partial charge in [0.25, 0.3) is 0 Å². The molecule has 1 aliphatic rings. The molecule has 3 heterocycles. The van der Waals surface area contributed by atoms with Crippen molar-refractivity contribution in [2.24, 2.45) is 0 Å². The lowest BCUT2D eigenvalue weighted by Gasteiger charge is -2.18. The van der Waals surface area contributed by atoms with E-state index in [2.05, 4.69) is 208 Å². The molecule has 0 radical (unpaired) electrons. The highest BCUT2D eigenvalue weighted by atomic mass is 15.0. The molecule has 1 aliphatic carbocycles. The van der Waals surface area contributed by atoms with Crippen LogP contribution in [0, 0.1) is 11.3 Å². The maximum absolute atomic E-state index is 9.59. The van der Waals surface area contributed by atoms with Crippen molar-refractivity contribution >= 4 is 65.4 Å². The third kappa shape index (κ3) is 5.15. The van der Waals surface area contributed by atoms with Crippen LogP contribution in [-0.4, -0.2) is 13.7 Å². The maximum Gasteiger partial charge on any atom is 0.0991 e. The van der Waals surface area contributed by atoms with Gasteiger partial charge in [0.1, 0.15) is 0 Å². The zero-order valence-electron chi connectivity index (χ0n) is 32.1. The van der Waals surface area contributed by atoms with Crippen LogP contribution >= 0.6 is 0 Å². The van der Waals surface area contributed by atoms with Gasteiger partial charge in [0.15, 0.2) is 0 Å². The van der Waals surface area contributed by atoms with Gasteiger partial charge in [-0.25, -0.2) is 0 Å². The monoisotopic (exact) mass is 752 g/mol. The number of para-hydroxylation sites is 3. The zero-order chi connectivity index (χ0) is 39.0. The van der Waals surface area contributed by atoms with Gasteiger partial charge in [0, 0.05) is 54.7 Å². The topological polar surface area (TPSA) is 38.6 Å². The van der Waals surface area contributed by atoms with Crippen molar-refractivity contribution in [1.29, 1.82) is 5.26 Å². The standard InChI is InChI=1S/C55H36N4/c56-35-36-19-25-43(26-20-36)59-54-29-23-39(37-21-27-52-46(31-37)44-15-7-9-17-50(44)57(52)41-11-3-1-4-12-41)33-48(54)49-34-40(24-30-55(49)59)38-22-28-53-47(32-38)45-16-8-10-18-51(45)58(53)42-13-5-2-6-14-42/h1-13,15-34,42H,14H2. The second-order valence-electron chi connectivity index (χ2n) is 15.6. The number of nitrogens with zero attached hydrogens (tertiary/aromatic N) is 4. The van der Waals surface area contributed by atoms with E-state index in [4.69, 9.17) is 0 Å². The SMILES string of the molecule is N#Cc1ccc(-n2c3ccc(-c4ccc5c(c4)c4ccccc4n5-c4ccccc4)cc3c3cc(-c4ccc5c(c4)c4ccccc4n5C4C=CC=CC4)ccc32)cc1. The molecule has 0 amide bonds. The van der Waals surface area contributed by atoms with Crippen molar-refractivity contribution in [2.75, 3.05) is 0 Å². The predicted molar refractivity (Wildman–Crippen MR) is 246 cm³/mol. The number of fused-ring (bicyclic) bond motifs is 9. The van der Waals surface area contributed by atoms with Crippen LogP contribution in [0.3, 0.4) is 0 Å². The highest BCUT2D eigenvalue weighted by molar-refractivity contribution is 6.14. The number of allylic oxidation sites excluding steroid dienone is 4. The average molecular weight is 753 g/mol. The lowest BCUT2D eigenvalue weighted by molar-refractivity contribution is 0.648. The van der Waals surface area contributed by atoms with Crippen LogP contribution < -0.4 is 0 Å². The molecule has 59 heavy (non-hydrogen) atoms. The molecule has 4 nitrogen and oxygen atoms in total. The summed E-state index contributed by atoms with van der Waals surface area (Å²) >= 11 is 0. The summed E-state index contributed by atoms with van der Waals surface area (Å²) in [6.07, 6.45) is 9.87. The molecular weight excluding hydrogens is 717 g/mol. The molecule has 12 rings (SSSR count). The Morgan fingerprint density at radius 1 is 0.407 bits per heavy atom. The number of benzene rings is 8. The van der Waals surface area contributed by atoms with Gasteiger partial charge >= 0.3 is 0 Å². The third-order valence-electron chi connectivity index (χ3n) is 12.4. The number of hydrogen-bond donors (Lipinski definition) is 0. The minimum absolute atomic E-state index is 0.287. The molecule has 3 aromatic heterocycles. The highest BCUT2D eigenvalue weighted by Gasteiger charge is 2.20. The first-order valence-corrected chi connectivity index (χ1v) is 20.3. The van der Waals surface area contributed by atoms with Gasteiger partial charge in [-0.15, -0.1) is 0 Å². The van der Waals surface area contributed by atoms with Gasteiger partial charge in [-0.1, -0.05) is 103 Å². The van der Waals surface area contributed by atoms with E-state index in [0.717, 1.165) is 28.8 Å². The van der Waals surface area contributed by atoms with E-state index in [9.17, 15) is 5.26 Å². The minimum atomic E-state index is 0.287. The fraction of sp³-hybridized carbons (Fsp3) is 0.0364. The Morgan fingerprint density at radius 2 is 0.847 bits per heavy atom. The molecular formula is C55H36N4. The van der Waals surface area contributed by atoms with Crippen LogP contribution in [0.2, 0.25) is 0 Å². The maximum atomic E-state index is 9.59. The Kier molecular flexibility index (Phi) is 7.39. The minimum Gasteiger partial charge on any atom is -0.333 e. The van der Waals surface area contributed by atoms with E-state index in [1.54, 1.807) is 0 Å². The summed E-state index contributed by atoms with van der Waals surface area (Å²) in [7, 11) is 0. The Bertz CT molecular complexity index is 3590. The van der Waals surface area contributed by atoms with Crippen LogP contribution in [0.1, 0.15) is 18.0 Å². The predicted octanol–water partition coefficient (Wildman–Crippen LogP) is 14.3. The van der Waals surface area contributed by atoms with Crippen LogP contribution in [0.5, 0.6) is 0 Å². The van der Waals surface area contributed by atoms with Crippen molar-refractivity contribution in [3.8, 4) is 39.7 Å². The molecule has 0 aliphatic heterocycles. The first-order chi connectivity index (χ1) is 29.2. The van der Waals surface area contributed by atoms with Crippen molar-refractivity contribution in [3.05, 3.63) is 206 Å². The number of nitriles is 1. The molecule has 0 bridgehead atoms. The third-order valence-corrected chi connectivity index (χ3v) is 12.4. The van der Waals surface area contributed by atoms with Gasteiger partial charge in [-0.3, -0.25) is 0 Å². The number of aromatic nitrogens is 3. The van der Waals surface area contributed by atoms with Gasteiger partial charge in [-0.05, 0) is 126 Å². The van der Waals surface area contributed by atoms with E-state index in [-0.39, 0.29) is 6.04 Å². The van der Waals surface area contributed by atoms with E-state index < -0.39 is 0 Å². The second-order valence-corrected chi connectivity index (χ2v) is 15.6. The molecule has 0 N–H and O–H groups in total. The Labute approximate surface area is 341 Å². The van der Waals surface area contributed by atoms with Crippen LogP contribution in [-0.2, 0) is 0 Å². The van der Waals surface area contributed by atoms with Crippen LogP contribution in [0.15, 0.2) is 200 Å². The fourth-order valence-corrected chi connectivity index (χ4v) is 9.65. The van der Waals surface area contributed by atoms with Crippen LogP contribution in [0.25, 0.3) is 99.0 Å². The molecule has 276 valence electrons. The lowest BCUT2D eigenvalue weighted by atomic mass is 9.98. The summed E-state index contributed by atoms with van der Waals surface area (Å²) in [6.45, 7) is 0. The molecule has 0 fully saturated rings. The van der Waals surface area contributed by atoms with Gasteiger partial charge in [0.2, 0.25) is 0 Å². The van der Waals surface area contributed by atoms with Crippen molar-refractivity contribution in [2.45, 2.75) is 12.5 Å². The smallest absolute Gasteiger partial charge is 0.0991 e. The normalized spacial score (nSPS) is 14.1. The fourth-order valence-electron chi connectivity index (χ4n) is 9.65. The largest absolute Gasteiger partial charge is 0.333 e. The lowest BCUT2D eigenvalue weighted by Crippen LogP contribution is -2.06. The molecule has 4 heteroatoms. The van der Waals surface area contributed by atoms with E-state index in [1.165, 1.54) is 76.6 Å². The molecule has 8 aromatic carbocycles. The molecule has 1 atom stereocenters. The quantitative estimate of drug-likeness (QED) is 0.173. The van der Waals surface area contributed by atoms with E-state index in [1.807, 2.05) is 12.1 Å². The Morgan fingerprint density at radius 3 is 1.41 bits per heavy atom. The molecule has 1 unspecified atom stereocenters. The zero-order valence-corrected chi connectivity index (χ0v) is 32.1. The molecule has 0 saturated carbocycles. The van der Waals surface area contributed by atoms with Crippen molar-refractivity contribution in [3.63, 3.8) is 0 Å². The first-order valence-electron chi connectivity index (χ1n) is 20.3. The Balaban J connectivity index is 1.05. The molecule has 0 spiro atoms. The first kappa shape index (κ1) is 33.3. The van der Waals surface area contributed by atoms with Gasteiger partial charge in [-0.2, -0.15) is 5.26 Å². The average Bonchev–Trinajstić information content (AvgIpc) is 3.94. The van der Waals surface area contributed by atoms with E-state index >= 15 is 0 Å². The summed E-state index contributed by atoms with van der Waals surface area (Å²) in [5.41, 5.74) is 14.7. The van der Waals surface area contributed by atoms with Crippen LogP contribution in [0.4, 0.5) is 0 Å². The van der Waals surface area contributed by atoms with Crippen molar-refractivity contribution < 1.29 is 0 Å². The van der Waals surface area contributed by atoms with Gasteiger partial charge < -0.3 is 13.7 Å². The summed E-state index contributed by atoms with van der Waals surface area (Å²) < 4.78 is 7.20. The second kappa shape index (κ2) is 13.1. The highest BCUT2D eigenvalue weighted by Crippen LogP contribution is 2.41. The van der Waals surface area contributed by atoms with Gasteiger partial charge in [0.05, 0.1) is 39.7 Å². The molecule has 0 saturated heterocycles.